The molecule has 7 atom stereocenters. The Labute approximate surface area is 208 Å². The van der Waals surface area contributed by atoms with Gasteiger partial charge in [-0.15, -0.1) is 11.8 Å². The van der Waals surface area contributed by atoms with E-state index in [1.165, 1.54) is 25.7 Å². The van der Waals surface area contributed by atoms with E-state index in [0.29, 0.717) is 42.7 Å². The van der Waals surface area contributed by atoms with Crippen LogP contribution in [0.5, 0.6) is 0 Å². The van der Waals surface area contributed by atoms with Gasteiger partial charge >= 0.3 is 0 Å². The van der Waals surface area contributed by atoms with E-state index in [1.54, 1.807) is 18.0 Å². The van der Waals surface area contributed by atoms with Crippen molar-refractivity contribution in [1.82, 2.24) is 15.2 Å². The van der Waals surface area contributed by atoms with Crippen LogP contribution < -0.4 is 5.32 Å². The van der Waals surface area contributed by atoms with Crippen LogP contribution >= 0.6 is 11.8 Å². The second-order valence-electron chi connectivity index (χ2n) is 11.6. The van der Waals surface area contributed by atoms with Gasteiger partial charge in [0.25, 0.3) is 0 Å². The largest absolute Gasteiger partial charge is 0.350 e. The molecule has 1 N–H and O–H groups in total. The molecule has 6 heteroatoms. The summed E-state index contributed by atoms with van der Waals surface area (Å²) >= 11 is 1.67. The van der Waals surface area contributed by atoms with Gasteiger partial charge in [0, 0.05) is 36.0 Å². The Balaban J connectivity index is 1.26. The molecule has 5 nitrogen and oxygen atoms in total. The first-order valence-electron chi connectivity index (χ1n) is 13.0. The Morgan fingerprint density at radius 2 is 2.03 bits per heavy atom. The van der Waals surface area contributed by atoms with Crippen LogP contribution in [0.25, 0.3) is 0 Å². The van der Waals surface area contributed by atoms with E-state index < -0.39 is 0 Å². The fraction of sp³-hybridized carbons (Fsp3) is 0.679. The van der Waals surface area contributed by atoms with Crippen LogP contribution in [-0.2, 0) is 16.1 Å². The van der Waals surface area contributed by atoms with Crippen molar-refractivity contribution < 1.29 is 9.59 Å². The number of thioether (sulfide) groups is 1. The highest BCUT2D eigenvalue weighted by molar-refractivity contribution is 7.98. The molecule has 4 unspecified atom stereocenters. The molecule has 3 fully saturated rings. The number of aromatic nitrogens is 1. The molecule has 0 radical (unpaired) electrons. The Kier molecular flexibility index (Phi) is 6.33. The number of carbonyl (C=O) groups excluding carboxylic acids is 2. The van der Waals surface area contributed by atoms with Gasteiger partial charge in [-0.1, -0.05) is 19.9 Å². The van der Waals surface area contributed by atoms with Gasteiger partial charge in [0.1, 0.15) is 0 Å². The van der Waals surface area contributed by atoms with Gasteiger partial charge in [0.2, 0.25) is 11.8 Å². The Morgan fingerprint density at radius 3 is 2.82 bits per heavy atom. The summed E-state index contributed by atoms with van der Waals surface area (Å²) in [6.45, 7) is 5.38. The van der Waals surface area contributed by atoms with Gasteiger partial charge in [-0.2, -0.15) is 0 Å². The van der Waals surface area contributed by atoms with Crippen molar-refractivity contribution in [2.24, 2.45) is 34.5 Å². The third kappa shape index (κ3) is 3.81. The van der Waals surface area contributed by atoms with E-state index in [0.717, 1.165) is 23.4 Å². The molecular weight excluding hydrogens is 442 g/mol. The fourth-order valence-electron chi connectivity index (χ4n) is 8.40. The molecule has 0 spiro atoms. The number of nitrogens with zero attached hydrogens (tertiary/aromatic N) is 2. The Morgan fingerprint density at radius 1 is 1.21 bits per heavy atom. The number of rotatable bonds is 5. The van der Waals surface area contributed by atoms with E-state index in [1.807, 2.05) is 30.3 Å². The fourth-order valence-corrected chi connectivity index (χ4v) is 8.98. The summed E-state index contributed by atoms with van der Waals surface area (Å²) in [5.74, 6) is 2.81. The minimum absolute atomic E-state index is 0.0834. The van der Waals surface area contributed by atoms with Gasteiger partial charge in [0.15, 0.2) is 0 Å². The summed E-state index contributed by atoms with van der Waals surface area (Å²) in [4.78, 5) is 32.9. The van der Waals surface area contributed by atoms with Crippen molar-refractivity contribution in [2.45, 2.75) is 76.3 Å². The number of pyridine rings is 1. The van der Waals surface area contributed by atoms with Gasteiger partial charge in [-0.25, -0.2) is 0 Å². The molecule has 3 aliphatic carbocycles. The summed E-state index contributed by atoms with van der Waals surface area (Å²) in [6, 6.07) is 4.33. The molecule has 0 aromatic carbocycles. The molecule has 1 aliphatic heterocycles. The molecule has 184 valence electrons. The van der Waals surface area contributed by atoms with Gasteiger partial charge in [-0.3, -0.25) is 14.6 Å². The summed E-state index contributed by atoms with van der Waals surface area (Å²) in [5, 5.41) is 3.16. The van der Waals surface area contributed by atoms with Crippen LogP contribution in [0.1, 0.15) is 64.5 Å². The van der Waals surface area contributed by atoms with Crippen molar-refractivity contribution in [3.63, 3.8) is 0 Å². The average molecular weight is 482 g/mol. The second kappa shape index (κ2) is 9.00. The lowest BCUT2D eigenvalue weighted by molar-refractivity contribution is -0.139. The lowest BCUT2D eigenvalue weighted by Crippen LogP contribution is -2.59. The highest BCUT2D eigenvalue weighted by Crippen LogP contribution is 2.65. The molecule has 4 aliphatic rings. The molecule has 1 aromatic heterocycles. The van der Waals surface area contributed by atoms with Crippen LogP contribution in [0.4, 0.5) is 0 Å². The third-order valence-electron chi connectivity index (χ3n) is 10.3. The molecular formula is C28H39N3O2S. The molecule has 2 amide bonds. The highest BCUT2D eigenvalue weighted by atomic mass is 32.2. The smallest absolute Gasteiger partial charge is 0.246 e. The number of carbonyl (C=O) groups is 2. The maximum atomic E-state index is 13.0. The maximum absolute atomic E-state index is 13.0. The third-order valence-corrected chi connectivity index (χ3v) is 11.1. The van der Waals surface area contributed by atoms with Crippen LogP contribution in [0.3, 0.4) is 0 Å². The zero-order chi connectivity index (χ0) is 24.1. The predicted molar refractivity (Wildman–Crippen MR) is 136 cm³/mol. The molecule has 34 heavy (non-hydrogen) atoms. The SMILES string of the molecule is CSc1cccnc1CNC(=O)C[C@H]1CCC2C3CCC4N(C)C(=O)C=C[C@]4(C)C3CC[C@@]21C. The Bertz CT molecular complexity index is 996. The number of likely N-dealkylation sites (N-methyl/N-ethyl adjacent to an activating group) is 1. The first kappa shape index (κ1) is 23.9. The lowest BCUT2D eigenvalue weighted by atomic mass is 9.47. The maximum Gasteiger partial charge on any atom is 0.246 e. The molecule has 2 heterocycles. The van der Waals surface area contributed by atoms with E-state index in [2.05, 4.69) is 36.3 Å². The van der Waals surface area contributed by atoms with Crippen molar-refractivity contribution >= 4 is 23.6 Å². The van der Waals surface area contributed by atoms with Gasteiger partial charge in [-0.05, 0) is 92.1 Å². The number of amides is 2. The van der Waals surface area contributed by atoms with Crippen molar-refractivity contribution in [2.75, 3.05) is 13.3 Å². The van der Waals surface area contributed by atoms with Gasteiger partial charge in [0.05, 0.1) is 12.2 Å². The lowest BCUT2D eigenvalue weighted by Gasteiger charge is -2.60. The Hall–Kier alpha value is -1.82. The number of hydrogen-bond donors (Lipinski definition) is 1. The zero-order valence-corrected chi connectivity index (χ0v) is 21.9. The second-order valence-corrected chi connectivity index (χ2v) is 12.4. The zero-order valence-electron chi connectivity index (χ0n) is 21.0. The molecule has 5 rings (SSSR count). The topological polar surface area (TPSA) is 62.3 Å². The first-order chi connectivity index (χ1) is 16.3. The summed E-state index contributed by atoms with van der Waals surface area (Å²) < 4.78 is 0. The minimum atomic E-state index is 0.0834. The summed E-state index contributed by atoms with van der Waals surface area (Å²) in [6.07, 6.45) is 15.7. The molecule has 0 saturated heterocycles. The average Bonchev–Trinajstić information content (AvgIpc) is 3.16. The molecule has 3 saturated carbocycles. The predicted octanol–water partition coefficient (Wildman–Crippen LogP) is 5.07. The van der Waals surface area contributed by atoms with Crippen LogP contribution in [-0.4, -0.2) is 41.0 Å². The van der Waals surface area contributed by atoms with Crippen molar-refractivity contribution in [3.05, 3.63) is 36.2 Å². The van der Waals surface area contributed by atoms with E-state index in [9.17, 15) is 9.59 Å². The van der Waals surface area contributed by atoms with Crippen molar-refractivity contribution in [1.29, 1.82) is 0 Å². The molecule has 0 bridgehead atoms. The number of nitrogens with one attached hydrogen (secondary N) is 1. The monoisotopic (exact) mass is 481 g/mol. The van der Waals surface area contributed by atoms with E-state index in [4.69, 9.17) is 0 Å². The number of hydrogen-bond acceptors (Lipinski definition) is 4. The minimum Gasteiger partial charge on any atom is -0.350 e. The highest BCUT2D eigenvalue weighted by Gasteiger charge is 2.60. The van der Waals surface area contributed by atoms with Crippen LogP contribution in [0.2, 0.25) is 0 Å². The normalized spacial score (nSPS) is 38.8. The van der Waals surface area contributed by atoms with Crippen LogP contribution in [0.15, 0.2) is 35.4 Å². The summed E-state index contributed by atoms with van der Waals surface area (Å²) in [7, 11) is 1.99. The van der Waals surface area contributed by atoms with E-state index >= 15 is 0 Å². The quantitative estimate of drug-likeness (QED) is 0.597. The van der Waals surface area contributed by atoms with Crippen LogP contribution in [0, 0.1) is 34.5 Å². The van der Waals surface area contributed by atoms with Gasteiger partial charge < -0.3 is 10.2 Å². The standard InChI is InChI=1S/C28H39N3O2S/c1-27-13-11-21-19(8-10-24-28(21,2)14-12-26(33)31(24)3)20(27)9-7-18(27)16-25(32)30-17-22-23(34-4)6-5-15-29-22/h5-6,12,14-15,18-21,24H,7-11,13,16-17H2,1-4H3,(H,30,32)/t18-,19?,20?,21?,24?,27-,28-/m1/s1. The summed E-state index contributed by atoms with van der Waals surface area (Å²) in [5.41, 5.74) is 1.28. The number of fused-ring (bicyclic) bond motifs is 5. The molecule has 1 aromatic rings. The van der Waals surface area contributed by atoms with Crippen molar-refractivity contribution in [3.8, 4) is 0 Å². The van der Waals surface area contributed by atoms with E-state index in [-0.39, 0.29) is 22.6 Å². The first-order valence-corrected chi connectivity index (χ1v) is 14.2.